The van der Waals surface area contributed by atoms with Crippen molar-refractivity contribution in [2.45, 2.75) is 12.8 Å². The normalized spacial score (nSPS) is 14.5. The molecule has 0 unspecified atom stereocenters. The Balaban J connectivity index is 0.000000921. The lowest BCUT2D eigenvalue weighted by molar-refractivity contribution is -0.107. The van der Waals surface area contributed by atoms with Crippen LogP contribution in [0.25, 0.3) is 0 Å². The molecule has 80 valence electrons. The van der Waals surface area contributed by atoms with E-state index in [-0.39, 0.29) is 5.76 Å². The Hall–Kier alpha value is -1.95. The average Bonchev–Trinajstić information content (AvgIpc) is 2.43. The monoisotopic (exact) mass is 205 g/mol. The molecule has 0 heterocycles. The molecule has 0 spiro atoms. The van der Waals surface area contributed by atoms with Crippen molar-refractivity contribution >= 4 is 6.29 Å². The van der Waals surface area contributed by atoms with Crippen LogP contribution < -0.4 is 5.32 Å². The van der Waals surface area contributed by atoms with Crippen LogP contribution in [0, 0.1) is 12.8 Å². The number of rotatable bonds is 3. The van der Waals surface area contributed by atoms with Crippen molar-refractivity contribution in [2.75, 3.05) is 7.05 Å². The van der Waals surface area contributed by atoms with Crippen molar-refractivity contribution in [3.8, 4) is 12.8 Å². The zero-order valence-electron chi connectivity index (χ0n) is 8.73. The van der Waals surface area contributed by atoms with E-state index in [9.17, 15) is 9.90 Å². The van der Waals surface area contributed by atoms with Crippen LogP contribution in [0.15, 0.2) is 35.3 Å². The number of allylic oxidation sites excluding steroid dienone is 4. The Labute approximate surface area is 90.2 Å². The lowest BCUT2D eigenvalue weighted by Crippen LogP contribution is -2.08. The second-order valence-electron chi connectivity index (χ2n) is 2.77. The van der Waals surface area contributed by atoms with E-state index in [1.807, 2.05) is 6.08 Å². The van der Waals surface area contributed by atoms with Gasteiger partial charge in [0.15, 0.2) is 0 Å². The first-order valence-corrected chi connectivity index (χ1v) is 4.53. The largest absolute Gasteiger partial charge is 0.508 e. The smallest absolute Gasteiger partial charge is 0.124 e. The van der Waals surface area contributed by atoms with Crippen LogP contribution in [-0.4, -0.2) is 18.4 Å². The van der Waals surface area contributed by atoms with Gasteiger partial charge in [-0.2, -0.15) is 0 Å². The third-order valence-electron chi connectivity index (χ3n) is 1.89. The fraction of sp³-hybridized carbons (Fsp3) is 0.250. The van der Waals surface area contributed by atoms with E-state index in [1.165, 1.54) is 0 Å². The summed E-state index contributed by atoms with van der Waals surface area (Å²) in [5, 5.41) is 12.3. The molecule has 0 aliphatic heterocycles. The third-order valence-corrected chi connectivity index (χ3v) is 1.89. The highest BCUT2D eigenvalue weighted by molar-refractivity contribution is 5.58. The van der Waals surface area contributed by atoms with Crippen molar-refractivity contribution < 1.29 is 9.90 Å². The average molecular weight is 205 g/mol. The Bertz CT molecular complexity index is 322. The molecule has 0 atom stereocenters. The molecule has 3 nitrogen and oxygen atoms in total. The highest BCUT2D eigenvalue weighted by Crippen LogP contribution is 2.16. The van der Waals surface area contributed by atoms with E-state index < -0.39 is 0 Å². The SMILES string of the molecule is C#C.CNC1=CCC=C(O)C=C1CC=O. The molecule has 1 aliphatic rings. The molecular formula is C12H15NO2. The quantitative estimate of drug-likeness (QED) is 0.544. The first-order valence-electron chi connectivity index (χ1n) is 4.53. The predicted molar refractivity (Wildman–Crippen MR) is 61.1 cm³/mol. The summed E-state index contributed by atoms with van der Waals surface area (Å²) in [6.45, 7) is 0. The number of hydrogen-bond donors (Lipinski definition) is 2. The number of carbonyl (C=O) groups excluding carboxylic acids is 1. The van der Waals surface area contributed by atoms with Crippen LogP contribution in [0.4, 0.5) is 0 Å². The van der Waals surface area contributed by atoms with Crippen molar-refractivity contribution in [1.29, 1.82) is 0 Å². The molecule has 0 saturated heterocycles. The van der Waals surface area contributed by atoms with E-state index in [1.54, 1.807) is 19.2 Å². The van der Waals surface area contributed by atoms with Crippen molar-refractivity contribution in [3.05, 3.63) is 35.3 Å². The molecule has 0 aromatic carbocycles. The summed E-state index contributed by atoms with van der Waals surface area (Å²) in [5.41, 5.74) is 1.73. The predicted octanol–water partition coefficient (Wildman–Crippen LogP) is 1.70. The van der Waals surface area contributed by atoms with Gasteiger partial charge in [0.25, 0.3) is 0 Å². The van der Waals surface area contributed by atoms with E-state index in [4.69, 9.17) is 0 Å². The summed E-state index contributed by atoms with van der Waals surface area (Å²) in [6, 6.07) is 0. The second kappa shape index (κ2) is 7.45. The summed E-state index contributed by atoms with van der Waals surface area (Å²) in [4.78, 5) is 10.4. The molecule has 0 bridgehead atoms. The van der Waals surface area contributed by atoms with Gasteiger partial charge < -0.3 is 15.2 Å². The molecule has 3 heteroatoms. The zero-order valence-corrected chi connectivity index (χ0v) is 8.73. The van der Waals surface area contributed by atoms with Crippen LogP contribution in [0.3, 0.4) is 0 Å². The summed E-state index contributed by atoms with van der Waals surface area (Å²) in [5.74, 6) is 0.221. The van der Waals surface area contributed by atoms with Gasteiger partial charge in [0.2, 0.25) is 0 Å². The van der Waals surface area contributed by atoms with Crippen LogP contribution in [0.1, 0.15) is 12.8 Å². The maximum atomic E-state index is 10.4. The lowest BCUT2D eigenvalue weighted by Gasteiger charge is -2.07. The minimum atomic E-state index is 0.221. The highest BCUT2D eigenvalue weighted by atomic mass is 16.3. The van der Waals surface area contributed by atoms with E-state index in [2.05, 4.69) is 18.2 Å². The molecule has 0 radical (unpaired) electrons. The third kappa shape index (κ3) is 4.19. The molecule has 2 N–H and O–H groups in total. The number of hydrogen-bond acceptors (Lipinski definition) is 3. The van der Waals surface area contributed by atoms with Gasteiger partial charge >= 0.3 is 0 Å². The molecule has 0 amide bonds. The Morgan fingerprint density at radius 3 is 2.73 bits per heavy atom. The first-order chi connectivity index (χ1) is 7.27. The van der Waals surface area contributed by atoms with E-state index in [0.717, 1.165) is 17.6 Å². The van der Waals surface area contributed by atoms with Crippen LogP contribution >= 0.6 is 0 Å². The van der Waals surface area contributed by atoms with Gasteiger partial charge in [0.05, 0.1) is 0 Å². The number of nitrogens with one attached hydrogen (secondary N) is 1. The number of carbonyl (C=O) groups is 1. The van der Waals surface area contributed by atoms with Crippen LogP contribution in [0.5, 0.6) is 0 Å². The van der Waals surface area contributed by atoms with Gasteiger partial charge in [-0.05, 0) is 24.1 Å². The Morgan fingerprint density at radius 1 is 1.53 bits per heavy atom. The zero-order chi connectivity index (χ0) is 11.7. The number of likely N-dealkylation sites (N-methyl/N-ethyl adjacent to an activating group) is 1. The minimum absolute atomic E-state index is 0.221. The summed E-state index contributed by atoms with van der Waals surface area (Å²) < 4.78 is 0. The number of terminal acetylenes is 1. The fourth-order valence-corrected chi connectivity index (χ4v) is 1.27. The summed E-state index contributed by atoms with van der Waals surface area (Å²) in [6.07, 6.45) is 15.1. The Kier molecular flexibility index (Phi) is 6.48. The molecule has 0 saturated carbocycles. The molecule has 0 aromatic heterocycles. The van der Waals surface area contributed by atoms with Crippen LogP contribution in [-0.2, 0) is 4.79 Å². The summed E-state index contributed by atoms with van der Waals surface area (Å²) >= 11 is 0. The molecule has 0 fully saturated rings. The van der Waals surface area contributed by atoms with E-state index >= 15 is 0 Å². The fourth-order valence-electron chi connectivity index (χ4n) is 1.27. The molecule has 1 aliphatic carbocycles. The Morgan fingerprint density at radius 2 is 2.20 bits per heavy atom. The van der Waals surface area contributed by atoms with E-state index in [0.29, 0.717) is 12.8 Å². The standard InChI is InChI=1S/C10H13NO2.C2H2/c1-11-10-4-2-3-9(13)7-8(10)5-6-12;1-2/h3-4,6-7,11,13H,2,5H2,1H3;1-2H. The number of aliphatic hydroxyl groups is 1. The van der Waals surface area contributed by atoms with Gasteiger partial charge in [-0.25, -0.2) is 0 Å². The summed E-state index contributed by atoms with van der Waals surface area (Å²) in [7, 11) is 1.80. The number of aldehydes is 1. The minimum Gasteiger partial charge on any atom is -0.508 e. The van der Waals surface area contributed by atoms with Gasteiger partial charge in [-0.15, -0.1) is 12.8 Å². The lowest BCUT2D eigenvalue weighted by atomic mass is 10.1. The highest BCUT2D eigenvalue weighted by Gasteiger charge is 2.06. The molecular weight excluding hydrogens is 190 g/mol. The van der Waals surface area contributed by atoms with Crippen molar-refractivity contribution in [3.63, 3.8) is 0 Å². The second-order valence-corrected chi connectivity index (χ2v) is 2.77. The molecule has 0 aromatic rings. The maximum absolute atomic E-state index is 10.4. The molecule has 15 heavy (non-hydrogen) atoms. The maximum Gasteiger partial charge on any atom is 0.124 e. The van der Waals surface area contributed by atoms with Gasteiger partial charge in [-0.1, -0.05) is 6.08 Å². The van der Waals surface area contributed by atoms with Gasteiger partial charge in [0, 0.05) is 19.2 Å². The number of aliphatic hydroxyl groups excluding tert-OH is 1. The van der Waals surface area contributed by atoms with Crippen molar-refractivity contribution in [2.24, 2.45) is 0 Å². The first kappa shape index (κ1) is 13.1. The van der Waals surface area contributed by atoms with Crippen molar-refractivity contribution in [1.82, 2.24) is 5.32 Å². The van der Waals surface area contributed by atoms with Crippen LogP contribution in [0.2, 0.25) is 0 Å². The topological polar surface area (TPSA) is 49.3 Å². The van der Waals surface area contributed by atoms with Gasteiger partial charge in [-0.3, -0.25) is 0 Å². The van der Waals surface area contributed by atoms with Gasteiger partial charge in [0.1, 0.15) is 12.0 Å². The molecule has 1 rings (SSSR count).